The van der Waals surface area contributed by atoms with Crippen molar-refractivity contribution in [1.29, 1.82) is 0 Å². The van der Waals surface area contributed by atoms with Crippen LogP contribution in [-0.2, 0) is 11.2 Å². The first kappa shape index (κ1) is 21.8. The third kappa shape index (κ3) is 5.26. The van der Waals surface area contributed by atoms with Gasteiger partial charge in [-0.05, 0) is 55.1 Å². The van der Waals surface area contributed by atoms with Crippen molar-refractivity contribution in [3.8, 4) is 0 Å². The Hall–Kier alpha value is -1.39. The van der Waals surface area contributed by atoms with Gasteiger partial charge < -0.3 is 15.3 Å². The van der Waals surface area contributed by atoms with E-state index in [4.69, 9.17) is 0 Å². The lowest BCUT2D eigenvalue weighted by atomic mass is 9.77. The van der Waals surface area contributed by atoms with E-state index in [1.54, 1.807) is 0 Å². The monoisotopic (exact) mass is 412 g/mol. The Morgan fingerprint density at radius 3 is 2.50 bits per heavy atom. The molecule has 0 spiro atoms. The number of carbonyl (C=O) groups excluding carboxylic acids is 1. The van der Waals surface area contributed by atoms with Gasteiger partial charge in [0.25, 0.3) is 0 Å². The highest BCUT2D eigenvalue weighted by molar-refractivity contribution is 5.79. The fourth-order valence-corrected chi connectivity index (χ4v) is 6.08. The average Bonchev–Trinajstić information content (AvgIpc) is 2.78. The van der Waals surface area contributed by atoms with Gasteiger partial charge in [-0.2, -0.15) is 0 Å². The quantitative estimate of drug-likeness (QED) is 0.742. The molecule has 0 aromatic heterocycles. The Bertz CT molecular complexity index is 685. The van der Waals surface area contributed by atoms with Crippen molar-refractivity contribution < 1.29 is 9.90 Å². The van der Waals surface area contributed by atoms with Gasteiger partial charge in [0.15, 0.2) is 0 Å². The standard InChI is InChI=1S/C26H40N2O2/c29-24-15-7-2-1-4-13-22(24)18-27-19-25(30)28-17-16-20-10-8-9-14-23(20)26(28)21-11-5-3-6-12-21/h8-10,14,21-22,24,26-27,29H,1-7,11-13,15-19H2/t22-,24-,26?/m1/s1. The maximum Gasteiger partial charge on any atom is 0.237 e. The van der Waals surface area contributed by atoms with Crippen LogP contribution >= 0.6 is 0 Å². The minimum Gasteiger partial charge on any atom is -0.393 e. The minimum absolute atomic E-state index is 0.218. The van der Waals surface area contributed by atoms with Crippen molar-refractivity contribution in [2.75, 3.05) is 19.6 Å². The minimum atomic E-state index is -0.218. The highest BCUT2D eigenvalue weighted by Gasteiger charge is 2.36. The molecule has 2 N–H and O–H groups in total. The molecule has 1 aliphatic heterocycles. The third-order valence-electron chi connectivity index (χ3n) is 7.80. The number of fused-ring (bicyclic) bond motifs is 1. The van der Waals surface area contributed by atoms with Gasteiger partial charge in [0.05, 0.1) is 18.7 Å². The number of carbonyl (C=O) groups is 1. The molecule has 2 fully saturated rings. The van der Waals surface area contributed by atoms with Crippen molar-refractivity contribution in [3.63, 3.8) is 0 Å². The molecule has 3 atom stereocenters. The van der Waals surface area contributed by atoms with Gasteiger partial charge in [-0.1, -0.05) is 69.2 Å². The predicted molar refractivity (Wildman–Crippen MR) is 121 cm³/mol. The van der Waals surface area contributed by atoms with Crippen LogP contribution in [0, 0.1) is 11.8 Å². The zero-order valence-electron chi connectivity index (χ0n) is 18.5. The first-order valence-corrected chi connectivity index (χ1v) is 12.5. The number of nitrogens with one attached hydrogen (secondary N) is 1. The number of hydrogen-bond acceptors (Lipinski definition) is 3. The summed E-state index contributed by atoms with van der Waals surface area (Å²) in [5.41, 5.74) is 2.82. The Kier molecular flexibility index (Phi) is 7.83. The van der Waals surface area contributed by atoms with Gasteiger partial charge >= 0.3 is 0 Å². The van der Waals surface area contributed by atoms with Gasteiger partial charge in [-0.15, -0.1) is 0 Å². The highest BCUT2D eigenvalue weighted by Crippen LogP contribution is 2.41. The lowest BCUT2D eigenvalue weighted by Crippen LogP contribution is -2.47. The van der Waals surface area contributed by atoms with E-state index in [-0.39, 0.29) is 24.0 Å². The van der Waals surface area contributed by atoms with Crippen molar-refractivity contribution in [2.24, 2.45) is 11.8 Å². The molecule has 4 nitrogen and oxygen atoms in total. The Morgan fingerprint density at radius 2 is 1.67 bits per heavy atom. The zero-order valence-corrected chi connectivity index (χ0v) is 18.5. The molecule has 166 valence electrons. The van der Waals surface area contributed by atoms with E-state index in [2.05, 4.69) is 34.5 Å². The number of amides is 1. The first-order chi connectivity index (χ1) is 14.7. The molecule has 2 aliphatic carbocycles. The molecule has 1 amide bonds. The second-order valence-corrected chi connectivity index (χ2v) is 9.83. The maximum atomic E-state index is 13.3. The van der Waals surface area contributed by atoms with Gasteiger partial charge in [0, 0.05) is 13.1 Å². The average molecular weight is 413 g/mol. The van der Waals surface area contributed by atoms with Gasteiger partial charge in [0.2, 0.25) is 5.91 Å². The van der Waals surface area contributed by atoms with Crippen molar-refractivity contribution >= 4 is 5.91 Å². The van der Waals surface area contributed by atoms with E-state index in [1.807, 2.05) is 0 Å². The molecule has 1 heterocycles. The van der Waals surface area contributed by atoms with Crippen LogP contribution in [0.4, 0.5) is 0 Å². The Morgan fingerprint density at radius 1 is 0.967 bits per heavy atom. The zero-order chi connectivity index (χ0) is 20.8. The second-order valence-electron chi connectivity index (χ2n) is 9.83. The second kappa shape index (κ2) is 10.8. The number of benzene rings is 1. The van der Waals surface area contributed by atoms with Gasteiger partial charge in [0.1, 0.15) is 0 Å². The summed E-state index contributed by atoms with van der Waals surface area (Å²) in [6.45, 7) is 1.99. The van der Waals surface area contributed by atoms with Crippen LogP contribution in [0.5, 0.6) is 0 Å². The molecule has 30 heavy (non-hydrogen) atoms. The number of aliphatic hydroxyl groups is 1. The van der Waals surface area contributed by atoms with Crippen LogP contribution in [-0.4, -0.2) is 41.7 Å². The molecule has 1 unspecified atom stereocenters. The molecule has 0 radical (unpaired) electrons. The van der Waals surface area contributed by atoms with Crippen molar-refractivity contribution in [3.05, 3.63) is 35.4 Å². The fraction of sp³-hybridized carbons (Fsp3) is 0.731. The number of rotatable bonds is 5. The summed E-state index contributed by atoms with van der Waals surface area (Å²) < 4.78 is 0. The summed E-state index contributed by atoms with van der Waals surface area (Å²) in [7, 11) is 0. The van der Waals surface area contributed by atoms with Crippen LogP contribution in [0.2, 0.25) is 0 Å². The number of aliphatic hydroxyl groups excluding tert-OH is 1. The highest BCUT2D eigenvalue weighted by atomic mass is 16.3. The van der Waals surface area contributed by atoms with Crippen molar-refractivity contribution in [2.45, 2.75) is 89.2 Å². The van der Waals surface area contributed by atoms with Gasteiger partial charge in [-0.25, -0.2) is 0 Å². The van der Waals surface area contributed by atoms with E-state index >= 15 is 0 Å². The molecule has 2 saturated carbocycles. The van der Waals surface area contributed by atoms with Crippen LogP contribution in [0.3, 0.4) is 0 Å². The molecular formula is C26H40N2O2. The third-order valence-corrected chi connectivity index (χ3v) is 7.80. The Balaban J connectivity index is 1.39. The summed E-state index contributed by atoms with van der Waals surface area (Å²) in [5.74, 6) is 1.12. The van der Waals surface area contributed by atoms with Crippen LogP contribution in [0.25, 0.3) is 0 Å². The lowest BCUT2D eigenvalue weighted by molar-refractivity contribution is -0.135. The molecule has 0 bridgehead atoms. The summed E-state index contributed by atoms with van der Waals surface area (Å²) in [5, 5.41) is 13.9. The Labute approximate surface area is 182 Å². The van der Waals surface area contributed by atoms with Crippen LogP contribution < -0.4 is 5.32 Å². The maximum absolute atomic E-state index is 13.3. The van der Waals surface area contributed by atoms with Crippen LogP contribution in [0.15, 0.2) is 24.3 Å². The molecule has 1 aromatic carbocycles. The largest absolute Gasteiger partial charge is 0.393 e. The predicted octanol–water partition coefficient (Wildman–Crippen LogP) is 4.61. The van der Waals surface area contributed by atoms with E-state index in [0.717, 1.165) is 38.8 Å². The van der Waals surface area contributed by atoms with E-state index in [9.17, 15) is 9.90 Å². The number of hydrogen-bond donors (Lipinski definition) is 2. The lowest BCUT2D eigenvalue weighted by Gasteiger charge is -2.43. The number of nitrogens with zero attached hydrogens (tertiary/aromatic N) is 1. The smallest absolute Gasteiger partial charge is 0.237 e. The molecule has 4 rings (SSSR count). The molecule has 3 aliphatic rings. The molecule has 4 heteroatoms. The summed E-state index contributed by atoms with van der Waals surface area (Å²) in [6.07, 6.45) is 14.0. The van der Waals surface area contributed by atoms with E-state index < -0.39 is 0 Å². The summed E-state index contributed by atoms with van der Waals surface area (Å²) in [4.78, 5) is 15.5. The van der Waals surface area contributed by atoms with Crippen LogP contribution in [0.1, 0.15) is 87.8 Å². The molecule has 1 aromatic rings. The molecule has 0 saturated heterocycles. The van der Waals surface area contributed by atoms with E-state index in [1.165, 1.54) is 62.5 Å². The van der Waals surface area contributed by atoms with E-state index in [0.29, 0.717) is 12.5 Å². The SMILES string of the molecule is O=C(CNC[C@H]1CCCCCC[C@H]1O)N1CCc2ccccc2C1C1CCCCC1. The summed E-state index contributed by atoms with van der Waals surface area (Å²) >= 11 is 0. The molecular weight excluding hydrogens is 372 g/mol. The van der Waals surface area contributed by atoms with Crippen molar-refractivity contribution in [1.82, 2.24) is 10.2 Å². The van der Waals surface area contributed by atoms with Gasteiger partial charge in [-0.3, -0.25) is 4.79 Å². The normalized spacial score (nSPS) is 28.4. The first-order valence-electron chi connectivity index (χ1n) is 12.5. The summed E-state index contributed by atoms with van der Waals surface area (Å²) in [6, 6.07) is 9.03. The fourth-order valence-electron chi connectivity index (χ4n) is 6.08. The topological polar surface area (TPSA) is 52.6 Å².